The van der Waals surface area contributed by atoms with Gasteiger partial charge in [0.15, 0.2) is 5.82 Å². The molecule has 1 aromatic heterocycles. The third-order valence-corrected chi connectivity index (χ3v) is 6.46. The van der Waals surface area contributed by atoms with E-state index in [4.69, 9.17) is 16.3 Å². The summed E-state index contributed by atoms with van der Waals surface area (Å²) in [5.74, 6) is 3.46. The molecule has 5 rings (SSSR count). The molecule has 0 bridgehead atoms. The third-order valence-electron chi connectivity index (χ3n) is 6.22. The fourth-order valence-electron chi connectivity index (χ4n) is 4.77. The van der Waals surface area contributed by atoms with E-state index in [1.165, 1.54) is 11.1 Å². The van der Waals surface area contributed by atoms with Crippen molar-refractivity contribution in [3.63, 3.8) is 0 Å². The molecule has 2 aliphatic rings. The van der Waals surface area contributed by atoms with E-state index in [0.29, 0.717) is 5.92 Å². The predicted molar refractivity (Wildman–Crippen MR) is 118 cm³/mol. The lowest BCUT2D eigenvalue weighted by molar-refractivity contribution is 0.144. The maximum Gasteiger partial charge on any atom is 0.151 e. The zero-order valence-corrected chi connectivity index (χ0v) is 18.3. The van der Waals surface area contributed by atoms with Crippen molar-refractivity contribution in [2.45, 2.75) is 57.7 Å². The number of fused-ring (bicyclic) bond motifs is 3. The first-order valence-corrected chi connectivity index (χ1v) is 11.1. The van der Waals surface area contributed by atoms with Gasteiger partial charge in [-0.1, -0.05) is 23.7 Å². The summed E-state index contributed by atoms with van der Waals surface area (Å²) < 4.78 is 8.53. The van der Waals surface area contributed by atoms with Gasteiger partial charge in [-0.2, -0.15) is 0 Å². The first-order chi connectivity index (χ1) is 14.6. The van der Waals surface area contributed by atoms with Gasteiger partial charge in [-0.05, 0) is 81.1 Å². The Bertz CT molecular complexity index is 1060. The first-order valence-electron chi connectivity index (χ1n) is 10.7. The summed E-state index contributed by atoms with van der Waals surface area (Å²) in [6.07, 6.45) is 4.47. The maximum atomic E-state index is 6.29. The molecule has 6 heteroatoms. The van der Waals surface area contributed by atoms with Crippen LogP contribution in [-0.2, 0) is 13.1 Å². The SMILES string of the molecule is Cc1cccc(OC2CCC(c3nnc4n3-c3ccc(Cl)cc3CN(C)C4)CC2)c1. The summed E-state index contributed by atoms with van der Waals surface area (Å²) in [4.78, 5) is 2.26. The summed E-state index contributed by atoms with van der Waals surface area (Å²) in [7, 11) is 2.11. The number of rotatable bonds is 3. The summed E-state index contributed by atoms with van der Waals surface area (Å²) in [5.41, 5.74) is 3.62. The fourth-order valence-corrected chi connectivity index (χ4v) is 4.96. The minimum absolute atomic E-state index is 0.270. The Balaban J connectivity index is 1.37. The highest BCUT2D eigenvalue weighted by Gasteiger charge is 2.30. The summed E-state index contributed by atoms with van der Waals surface area (Å²) in [6.45, 7) is 3.74. The highest BCUT2D eigenvalue weighted by molar-refractivity contribution is 6.30. The maximum absolute atomic E-state index is 6.29. The molecule has 0 amide bonds. The second kappa shape index (κ2) is 8.05. The van der Waals surface area contributed by atoms with E-state index in [1.807, 2.05) is 6.07 Å². The minimum atomic E-state index is 0.270. The van der Waals surface area contributed by atoms with Crippen molar-refractivity contribution < 1.29 is 4.74 Å². The van der Waals surface area contributed by atoms with Crippen LogP contribution in [0.4, 0.5) is 0 Å². The second-order valence-corrected chi connectivity index (χ2v) is 9.10. The number of nitrogens with zero attached hydrogens (tertiary/aromatic N) is 4. The lowest BCUT2D eigenvalue weighted by atomic mass is 9.86. The van der Waals surface area contributed by atoms with Gasteiger partial charge in [0, 0.05) is 17.5 Å². The molecule has 0 atom stereocenters. The van der Waals surface area contributed by atoms with Gasteiger partial charge < -0.3 is 4.74 Å². The molecule has 1 aliphatic heterocycles. The van der Waals surface area contributed by atoms with E-state index in [2.05, 4.69) is 70.0 Å². The number of hydrogen-bond donors (Lipinski definition) is 0. The number of aromatic nitrogens is 3. The molecular weight excluding hydrogens is 396 g/mol. The standard InChI is InChI=1S/C24H27ClN4O/c1-16-4-3-5-21(12-16)30-20-9-6-17(7-10-20)24-27-26-23-15-28(2)14-18-13-19(25)8-11-22(18)29(23)24/h3-5,8,11-13,17,20H,6-7,9-10,14-15H2,1-2H3. The van der Waals surface area contributed by atoms with Gasteiger partial charge in [-0.15, -0.1) is 10.2 Å². The van der Waals surface area contributed by atoms with E-state index in [-0.39, 0.29) is 6.10 Å². The largest absolute Gasteiger partial charge is 0.490 e. The topological polar surface area (TPSA) is 43.2 Å². The molecule has 1 saturated carbocycles. The molecule has 0 N–H and O–H groups in total. The molecule has 0 saturated heterocycles. The van der Waals surface area contributed by atoms with Crippen LogP contribution >= 0.6 is 11.6 Å². The average molecular weight is 423 g/mol. The smallest absolute Gasteiger partial charge is 0.151 e. The average Bonchev–Trinajstić information content (AvgIpc) is 3.06. The molecule has 0 radical (unpaired) electrons. The number of ether oxygens (including phenoxy) is 1. The second-order valence-electron chi connectivity index (χ2n) is 8.66. The number of hydrogen-bond acceptors (Lipinski definition) is 4. The van der Waals surface area contributed by atoms with Crippen molar-refractivity contribution >= 4 is 11.6 Å². The van der Waals surface area contributed by atoms with E-state index < -0.39 is 0 Å². The molecule has 1 aliphatic carbocycles. The van der Waals surface area contributed by atoms with Gasteiger partial charge >= 0.3 is 0 Å². The molecule has 156 valence electrons. The highest BCUT2D eigenvalue weighted by atomic mass is 35.5. The van der Waals surface area contributed by atoms with E-state index in [1.54, 1.807) is 0 Å². The molecule has 0 spiro atoms. The lowest BCUT2D eigenvalue weighted by Crippen LogP contribution is -2.25. The van der Waals surface area contributed by atoms with Crippen LogP contribution in [0.25, 0.3) is 5.69 Å². The van der Waals surface area contributed by atoms with Crippen LogP contribution in [0.1, 0.15) is 54.4 Å². The Kier molecular flexibility index (Phi) is 5.25. The van der Waals surface area contributed by atoms with E-state index in [9.17, 15) is 0 Å². The molecule has 1 fully saturated rings. The minimum Gasteiger partial charge on any atom is -0.490 e. The Morgan fingerprint density at radius 1 is 1.00 bits per heavy atom. The van der Waals surface area contributed by atoms with Gasteiger partial charge in [0.25, 0.3) is 0 Å². The molecular formula is C24H27ClN4O. The van der Waals surface area contributed by atoms with Crippen LogP contribution in [0, 0.1) is 6.92 Å². The summed E-state index contributed by atoms with van der Waals surface area (Å²) in [6, 6.07) is 14.5. The predicted octanol–water partition coefficient (Wildman–Crippen LogP) is 5.28. The summed E-state index contributed by atoms with van der Waals surface area (Å²) in [5, 5.41) is 9.99. The normalized spacial score (nSPS) is 21.6. The van der Waals surface area contributed by atoms with Crippen molar-refractivity contribution in [2.75, 3.05) is 7.05 Å². The van der Waals surface area contributed by atoms with Crippen LogP contribution in [0.5, 0.6) is 5.75 Å². The Morgan fingerprint density at radius 3 is 2.63 bits per heavy atom. The quantitative estimate of drug-likeness (QED) is 0.576. The third kappa shape index (κ3) is 3.84. The lowest BCUT2D eigenvalue weighted by Gasteiger charge is -2.29. The highest BCUT2D eigenvalue weighted by Crippen LogP contribution is 2.37. The van der Waals surface area contributed by atoms with E-state index in [0.717, 1.165) is 66.9 Å². The zero-order chi connectivity index (χ0) is 20.7. The van der Waals surface area contributed by atoms with Crippen molar-refractivity contribution in [1.82, 2.24) is 19.7 Å². The summed E-state index contributed by atoms with van der Waals surface area (Å²) >= 11 is 6.29. The molecule has 30 heavy (non-hydrogen) atoms. The number of halogens is 1. The van der Waals surface area contributed by atoms with Crippen molar-refractivity contribution in [3.05, 3.63) is 70.3 Å². The molecule has 0 unspecified atom stereocenters. The Labute approximate surface area is 182 Å². The monoisotopic (exact) mass is 422 g/mol. The number of benzene rings is 2. The van der Waals surface area contributed by atoms with Gasteiger partial charge in [0.1, 0.15) is 11.6 Å². The Morgan fingerprint density at radius 2 is 1.83 bits per heavy atom. The first kappa shape index (κ1) is 19.6. The zero-order valence-electron chi connectivity index (χ0n) is 17.5. The van der Waals surface area contributed by atoms with Gasteiger partial charge in [0.05, 0.1) is 18.3 Å². The van der Waals surface area contributed by atoms with Crippen LogP contribution in [0.15, 0.2) is 42.5 Å². The molecule has 5 nitrogen and oxygen atoms in total. The van der Waals surface area contributed by atoms with Crippen molar-refractivity contribution in [2.24, 2.45) is 0 Å². The van der Waals surface area contributed by atoms with Crippen LogP contribution < -0.4 is 4.74 Å². The molecule has 3 aromatic rings. The van der Waals surface area contributed by atoms with Crippen molar-refractivity contribution in [1.29, 1.82) is 0 Å². The van der Waals surface area contributed by atoms with Gasteiger partial charge in [-0.3, -0.25) is 9.47 Å². The fraction of sp³-hybridized carbons (Fsp3) is 0.417. The van der Waals surface area contributed by atoms with Crippen LogP contribution in [-0.4, -0.2) is 32.8 Å². The van der Waals surface area contributed by atoms with Gasteiger partial charge in [0.2, 0.25) is 0 Å². The molecule has 2 heterocycles. The van der Waals surface area contributed by atoms with Crippen LogP contribution in [0.3, 0.4) is 0 Å². The van der Waals surface area contributed by atoms with Crippen LogP contribution in [0.2, 0.25) is 5.02 Å². The Hall–Kier alpha value is -2.37. The number of aryl methyl sites for hydroxylation is 1. The molecule has 2 aromatic carbocycles. The van der Waals surface area contributed by atoms with Gasteiger partial charge in [-0.25, -0.2) is 0 Å². The van der Waals surface area contributed by atoms with E-state index >= 15 is 0 Å². The van der Waals surface area contributed by atoms with Crippen molar-refractivity contribution in [3.8, 4) is 11.4 Å².